The van der Waals surface area contributed by atoms with Crippen LogP contribution in [0.1, 0.15) is 21.6 Å². The van der Waals surface area contributed by atoms with E-state index in [1.807, 2.05) is 29.8 Å². The van der Waals surface area contributed by atoms with E-state index in [-0.39, 0.29) is 5.69 Å². The Morgan fingerprint density at radius 3 is 2.62 bits per heavy atom. The van der Waals surface area contributed by atoms with Crippen LogP contribution in [0.4, 0.5) is 5.95 Å². The lowest BCUT2D eigenvalue weighted by molar-refractivity contribution is 0.0690. The number of nitrogens with zero attached hydrogens (tertiary/aromatic N) is 3. The number of nitrogens with one attached hydrogen (secondary N) is 1. The van der Waals surface area contributed by atoms with Crippen molar-refractivity contribution >= 4 is 23.0 Å². The van der Waals surface area contributed by atoms with E-state index >= 15 is 0 Å². The molecule has 0 atom stereocenters. The van der Waals surface area contributed by atoms with Crippen LogP contribution in [0, 0.1) is 6.92 Å². The van der Waals surface area contributed by atoms with Gasteiger partial charge in [-0.05, 0) is 30.7 Å². The van der Waals surface area contributed by atoms with Crippen molar-refractivity contribution in [2.45, 2.75) is 13.5 Å². The molecule has 0 radical (unpaired) electrons. The van der Waals surface area contributed by atoms with Crippen LogP contribution in [0.25, 0.3) is 11.0 Å². The molecule has 29 heavy (non-hydrogen) atoms. The Hall–Kier alpha value is -3.87. The van der Waals surface area contributed by atoms with Gasteiger partial charge in [0.15, 0.2) is 5.69 Å². The van der Waals surface area contributed by atoms with Crippen molar-refractivity contribution in [3.63, 3.8) is 0 Å². The first kappa shape index (κ1) is 18.5. The number of pyridine rings is 1. The van der Waals surface area contributed by atoms with Crippen LogP contribution in [0.2, 0.25) is 0 Å². The molecule has 4 rings (SSSR count). The van der Waals surface area contributed by atoms with Gasteiger partial charge in [-0.25, -0.2) is 14.8 Å². The number of anilines is 1. The number of carbonyl (C=O) groups is 1. The second kappa shape index (κ2) is 7.63. The highest BCUT2D eigenvalue weighted by molar-refractivity contribution is 5.85. The molecule has 2 aromatic heterocycles. The normalized spacial score (nSPS) is 10.8. The van der Waals surface area contributed by atoms with Crippen molar-refractivity contribution in [1.29, 1.82) is 0 Å². The molecule has 2 N–H and O–H groups in total. The van der Waals surface area contributed by atoms with E-state index in [2.05, 4.69) is 46.5 Å². The van der Waals surface area contributed by atoms with Crippen LogP contribution in [0.3, 0.4) is 0 Å². The lowest BCUT2D eigenvalue weighted by Crippen LogP contribution is -2.04. The number of fused-ring (bicyclic) bond motifs is 1. The maximum absolute atomic E-state index is 11.1. The van der Waals surface area contributed by atoms with Gasteiger partial charge in [-0.1, -0.05) is 29.8 Å². The van der Waals surface area contributed by atoms with Crippen LogP contribution in [-0.4, -0.2) is 25.6 Å². The number of carboxylic acids is 1. The molecule has 4 aromatic rings. The van der Waals surface area contributed by atoms with Crippen molar-refractivity contribution in [1.82, 2.24) is 14.5 Å². The summed E-state index contributed by atoms with van der Waals surface area (Å²) in [6.07, 6.45) is 1.41. The van der Waals surface area contributed by atoms with Crippen LogP contribution in [0.15, 0.2) is 60.8 Å². The van der Waals surface area contributed by atoms with Crippen molar-refractivity contribution in [2.75, 3.05) is 5.32 Å². The molecule has 2 aromatic carbocycles. The van der Waals surface area contributed by atoms with Gasteiger partial charge < -0.3 is 19.7 Å². The van der Waals surface area contributed by atoms with Crippen molar-refractivity contribution < 1.29 is 14.6 Å². The maximum Gasteiger partial charge on any atom is 0.354 e. The smallest absolute Gasteiger partial charge is 0.354 e. The fraction of sp³-hybridized carbons (Fsp3) is 0.136. The minimum atomic E-state index is -1.10. The van der Waals surface area contributed by atoms with E-state index in [0.717, 1.165) is 17.0 Å². The van der Waals surface area contributed by atoms with E-state index in [1.165, 1.54) is 23.4 Å². The van der Waals surface area contributed by atoms with Gasteiger partial charge in [0, 0.05) is 31.9 Å². The second-order valence-electron chi connectivity index (χ2n) is 6.77. The highest BCUT2D eigenvalue weighted by atomic mass is 16.5. The van der Waals surface area contributed by atoms with Crippen LogP contribution >= 0.6 is 0 Å². The first-order valence-electron chi connectivity index (χ1n) is 9.13. The molecule has 7 nitrogen and oxygen atoms in total. The van der Waals surface area contributed by atoms with Crippen molar-refractivity contribution in [3.8, 4) is 11.5 Å². The van der Waals surface area contributed by atoms with E-state index in [1.54, 1.807) is 6.07 Å². The maximum atomic E-state index is 11.1. The number of imidazole rings is 1. The van der Waals surface area contributed by atoms with Gasteiger partial charge in [0.2, 0.25) is 5.95 Å². The molecule has 0 spiro atoms. The summed E-state index contributed by atoms with van der Waals surface area (Å²) in [5.41, 5.74) is 4.09. The summed E-state index contributed by atoms with van der Waals surface area (Å²) in [7, 11) is 1.95. The highest BCUT2D eigenvalue weighted by Gasteiger charge is 2.10. The van der Waals surface area contributed by atoms with Crippen LogP contribution < -0.4 is 10.1 Å². The Kier molecular flexibility index (Phi) is 4.87. The zero-order valence-electron chi connectivity index (χ0n) is 16.1. The number of ether oxygens (including phenoxy) is 1. The Morgan fingerprint density at radius 1 is 1.10 bits per heavy atom. The molecule has 0 unspecified atom stereocenters. The molecule has 0 saturated carbocycles. The Balaban J connectivity index is 1.54. The fourth-order valence-corrected chi connectivity index (χ4v) is 3.02. The lowest BCUT2D eigenvalue weighted by atomic mass is 10.1. The number of aryl methyl sites for hydroxylation is 2. The zero-order valence-corrected chi connectivity index (χ0v) is 16.1. The quantitative estimate of drug-likeness (QED) is 0.510. The van der Waals surface area contributed by atoms with Crippen molar-refractivity contribution in [2.24, 2.45) is 7.05 Å². The van der Waals surface area contributed by atoms with Gasteiger partial charge in [-0.2, -0.15) is 0 Å². The van der Waals surface area contributed by atoms with Gasteiger partial charge in [0.1, 0.15) is 11.5 Å². The summed E-state index contributed by atoms with van der Waals surface area (Å²) in [6.45, 7) is 2.74. The van der Waals surface area contributed by atoms with Gasteiger partial charge >= 0.3 is 5.97 Å². The molecule has 0 aliphatic carbocycles. The van der Waals surface area contributed by atoms with Gasteiger partial charge in [-0.3, -0.25) is 0 Å². The summed E-state index contributed by atoms with van der Waals surface area (Å²) in [4.78, 5) is 19.5. The summed E-state index contributed by atoms with van der Waals surface area (Å²) in [5.74, 6) is 0.642. The van der Waals surface area contributed by atoms with Gasteiger partial charge in [-0.15, -0.1) is 0 Å². The predicted octanol–water partition coefficient (Wildman–Crippen LogP) is 4.38. The second-order valence-corrected chi connectivity index (χ2v) is 6.77. The SMILES string of the molecule is Cc1ccc(CNc2nc3cc(Oc4ccnc(C(=O)O)c4)ccc3n2C)cc1. The first-order valence-corrected chi connectivity index (χ1v) is 9.13. The fourth-order valence-electron chi connectivity index (χ4n) is 3.02. The molecular formula is C22H20N4O3. The Labute approximate surface area is 167 Å². The number of aromatic carboxylic acids is 1. The largest absolute Gasteiger partial charge is 0.477 e. The molecule has 0 amide bonds. The summed E-state index contributed by atoms with van der Waals surface area (Å²) < 4.78 is 7.78. The molecule has 7 heteroatoms. The molecule has 0 fully saturated rings. The average Bonchev–Trinajstić information content (AvgIpc) is 3.03. The zero-order chi connectivity index (χ0) is 20.4. The van der Waals surface area contributed by atoms with Crippen molar-refractivity contribution in [3.05, 3.63) is 77.6 Å². The van der Waals surface area contributed by atoms with Gasteiger partial charge in [0.25, 0.3) is 0 Å². The number of hydrogen-bond acceptors (Lipinski definition) is 5. The summed E-state index contributed by atoms with van der Waals surface area (Å²) >= 11 is 0. The number of carboxylic acid groups (broad SMARTS) is 1. The monoisotopic (exact) mass is 388 g/mol. The van der Waals surface area contributed by atoms with E-state index in [4.69, 9.17) is 9.84 Å². The average molecular weight is 388 g/mol. The third kappa shape index (κ3) is 4.03. The van der Waals surface area contributed by atoms with Gasteiger partial charge in [0.05, 0.1) is 11.0 Å². The minimum Gasteiger partial charge on any atom is -0.477 e. The third-order valence-corrected chi connectivity index (χ3v) is 4.61. The molecule has 0 bridgehead atoms. The molecule has 2 heterocycles. The molecule has 0 aliphatic rings. The molecule has 0 aliphatic heterocycles. The van der Waals surface area contributed by atoms with E-state index in [0.29, 0.717) is 18.0 Å². The molecule has 0 saturated heterocycles. The predicted molar refractivity (Wildman–Crippen MR) is 110 cm³/mol. The van der Waals surface area contributed by atoms with Crippen LogP contribution in [0.5, 0.6) is 11.5 Å². The number of hydrogen-bond donors (Lipinski definition) is 2. The number of rotatable bonds is 6. The number of aromatic nitrogens is 3. The standard InChI is InChI=1S/C22H20N4O3/c1-14-3-5-15(6-4-14)13-24-22-25-18-11-16(7-8-20(18)26(22)2)29-17-9-10-23-19(12-17)21(27)28/h3-12H,13H2,1-2H3,(H,24,25)(H,27,28). The lowest BCUT2D eigenvalue weighted by Gasteiger charge is -2.07. The summed E-state index contributed by atoms with van der Waals surface area (Å²) in [6, 6.07) is 16.9. The minimum absolute atomic E-state index is 0.0657. The van der Waals surface area contributed by atoms with E-state index < -0.39 is 5.97 Å². The summed E-state index contributed by atoms with van der Waals surface area (Å²) in [5, 5.41) is 12.4. The molecule has 146 valence electrons. The highest BCUT2D eigenvalue weighted by Crippen LogP contribution is 2.27. The van der Waals surface area contributed by atoms with Crippen LogP contribution in [-0.2, 0) is 13.6 Å². The third-order valence-electron chi connectivity index (χ3n) is 4.61. The Morgan fingerprint density at radius 2 is 1.86 bits per heavy atom. The topological polar surface area (TPSA) is 89.3 Å². The Bertz CT molecular complexity index is 1180. The first-order chi connectivity index (χ1) is 14.0. The molecular weight excluding hydrogens is 368 g/mol. The van der Waals surface area contributed by atoms with E-state index in [9.17, 15) is 4.79 Å². The number of benzene rings is 2.